The lowest BCUT2D eigenvalue weighted by molar-refractivity contribution is -0.155. The van der Waals surface area contributed by atoms with Crippen LogP contribution in [0.3, 0.4) is 0 Å². The summed E-state index contributed by atoms with van der Waals surface area (Å²) in [6, 6.07) is 16.0. The molecule has 0 aromatic heterocycles. The van der Waals surface area contributed by atoms with Crippen LogP contribution < -0.4 is 0 Å². The van der Waals surface area contributed by atoms with Gasteiger partial charge in [-0.3, -0.25) is 9.59 Å². The lowest BCUT2D eigenvalue weighted by atomic mass is 9.79. The number of hydrogen-bond acceptors (Lipinski definition) is 6. The number of alkyl halides is 1. The third-order valence-corrected chi connectivity index (χ3v) is 8.93. The highest BCUT2D eigenvalue weighted by molar-refractivity contribution is 9.09. The Labute approximate surface area is 287 Å². The van der Waals surface area contributed by atoms with Crippen molar-refractivity contribution < 1.29 is 28.5 Å². The minimum Gasteiger partial charge on any atom is -0.460 e. The van der Waals surface area contributed by atoms with E-state index in [1.807, 2.05) is 77.9 Å². The van der Waals surface area contributed by atoms with Crippen LogP contribution in [0, 0.1) is 10.8 Å². The van der Waals surface area contributed by atoms with Crippen molar-refractivity contribution in [2.45, 2.75) is 137 Å². The van der Waals surface area contributed by atoms with Gasteiger partial charge in [-0.1, -0.05) is 99.6 Å². The summed E-state index contributed by atoms with van der Waals surface area (Å²) in [5.41, 5.74) is 3.74. The first-order chi connectivity index (χ1) is 20.8. The molecule has 0 N–H and O–H groups in total. The molecule has 0 radical (unpaired) electrons. The van der Waals surface area contributed by atoms with Crippen molar-refractivity contribution in [1.82, 2.24) is 0 Å². The third-order valence-electron chi connectivity index (χ3n) is 8.06. The van der Waals surface area contributed by atoms with E-state index in [1.165, 1.54) is 0 Å². The molecular weight excluding hydrogens is 644 g/mol. The maximum atomic E-state index is 12.4. The lowest BCUT2D eigenvalue weighted by Crippen LogP contribution is -2.28. The Morgan fingerprint density at radius 1 is 0.783 bits per heavy atom. The number of rotatable bonds is 6. The molecule has 6 nitrogen and oxygen atoms in total. The van der Waals surface area contributed by atoms with E-state index in [2.05, 4.69) is 55.8 Å². The van der Waals surface area contributed by atoms with Gasteiger partial charge in [-0.2, -0.15) is 0 Å². The Balaban J connectivity index is 0.000000314. The summed E-state index contributed by atoms with van der Waals surface area (Å²) < 4.78 is 22.9. The number of hydrogen-bond donors (Lipinski definition) is 0. The van der Waals surface area contributed by atoms with Gasteiger partial charge in [0.2, 0.25) is 0 Å². The quantitative estimate of drug-likeness (QED) is 0.220. The van der Waals surface area contributed by atoms with E-state index in [-0.39, 0.29) is 42.4 Å². The Kier molecular flexibility index (Phi) is 14.1. The van der Waals surface area contributed by atoms with Crippen molar-refractivity contribution in [3.63, 3.8) is 0 Å². The molecule has 0 aliphatic carbocycles. The fourth-order valence-electron chi connectivity index (χ4n) is 5.74. The van der Waals surface area contributed by atoms with Crippen LogP contribution in [0.25, 0.3) is 0 Å². The van der Waals surface area contributed by atoms with Crippen LogP contribution in [0.5, 0.6) is 0 Å². The van der Waals surface area contributed by atoms with E-state index in [9.17, 15) is 9.59 Å². The van der Waals surface area contributed by atoms with Crippen molar-refractivity contribution in [3.8, 4) is 0 Å². The maximum Gasteiger partial charge on any atom is 0.324 e. The second kappa shape index (κ2) is 16.3. The molecular formula is C39H59BrO6. The predicted molar refractivity (Wildman–Crippen MR) is 190 cm³/mol. The Morgan fingerprint density at radius 3 is 1.74 bits per heavy atom. The van der Waals surface area contributed by atoms with Crippen LogP contribution in [0.2, 0.25) is 0 Å². The fourth-order valence-corrected chi connectivity index (χ4v) is 6.25. The molecule has 2 heterocycles. The largest absolute Gasteiger partial charge is 0.460 e. The van der Waals surface area contributed by atoms with Crippen molar-refractivity contribution in [2.75, 3.05) is 13.2 Å². The van der Waals surface area contributed by atoms with Crippen molar-refractivity contribution in [2.24, 2.45) is 10.8 Å². The van der Waals surface area contributed by atoms with Crippen LogP contribution >= 0.6 is 15.9 Å². The summed E-state index contributed by atoms with van der Waals surface area (Å²) in [7, 11) is 0. The van der Waals surface area contributed by atoms with Gasteiger partial charge in [-0.15, -0.1) is 0 Å². The molecule has 3 unspecified atom stereocenters. The summed E-state index contributed by atoms with van der Waals surface area (Å²) in [4.78, 5) is 24.1. The number of carbonyl (C=O) groups is 2. The van der Waals surface area contributed by atoms with Crippen molar-refractivity contribution in [3.05, 3.63) is 70.8 Å². The molecule has 46 heavy (non-hydrogen) atoms. The molecule has 0 amide bonds. The number of esters is 2. The number of benzene rings is 2. The minimum absolute atomic E-state index is 0. The van der Waals surface area contributed by atoms with Gasteiger partial charge in [-0.25, -0.2) is 0 Å². The summed E-state index contributed by atoms with van der Waals surface area (Å²) in [5.74, 6) is -0.449. The van der Waals surface area contributed by atoms with Crippen LogP contribution in [-0.2, 0) is 35.0 Å². The minimum atomic E-state index is -0.499. The third kappa shape index (κ3) is 12.8. The summed E-state index contributed by atoms with van der Waals surface area (Å²) in [6.07, 6.45) is 4.48. The van der Waals surface area contributed by atoms with E-state index in [0.29, 0.717) is 6.42 Å². The maximum absolute atomic E-state index is 12.4. The molecule has 2 fully saturated rings. The van der Waals surface area contributed by atoms with Crippen LogP contribution in [-0.4, -0.2) is 36.4 Å². The molecule has 0 spiro atoms. The molecule has 258 valence electrons. The normalized spacial score (nSPS) is 21.5. The fraction of sp³-hybridized carbons (Fsp3) is 0.641. The highest BCUT2D eigenvalue weighted by Gasteiger charge is 2.34. The molecule has 2 aliphatic rings. The second-order valence-corrected chi connectivity index (χ2v) is 16.9. The van der Waals surface area contributed by atoms with Crippen molar-refractivity contribution >= 4 is 27.9 Å². The number of carbonyl (C=O) groups excluding carboxylic acids is 2. The highest BCUT2D eigenvalue weighted by Crippen LogP contribution is 2.43. The summed E-state index contributed by atoms with van der Waals surface area (Å²) >= 11 is 3.52. The van der Waals surface area contributed by atoms with Gasteiger partial charge in [0.25, 0.3) is 0 Å². The molecule has 2 aromatic rings. The van der Waals surface area contributed by atoms with Gasteiger partial charge in [0.05, 0.1) is 18.6 Å². The topological polar surface area (TPSA) is 71.1 Å². The number of ether oxygens (including phenoxy) is 4. The second-order valence-electron chi connectivity index (χ2n) is 15.9. The zero-order valence-electron chi connectivity index (χ0n) is 29.1. The van der Waals surface area contributed by atoms with E-state index < -0.39 is 16.0 Å². The molecule has 4 rings (SSSR count). The smallest absolute Gasteiger partial charge is 0.324 e. The average molecular weight is 704 g/mol. The lowest BCUT2D eigenvalue weighted by Gasteiger charge is -2.36. The molecule has 3 atom stereocenters. The molecule has 2 saturated heterocycles. The summed E-state index contributed by atoms with van der Waals surface area (Å²) in [6.45, 7) is 21.9. The standard InChI is InChI=1S/C19H27BrO3.C19H28O3.CH4/c1-18(2,3)23-17(21)16(20)14-9-7-6-8-13(14)15-12-19(4,5)10-11-22-15;1-18(2,3)22-17(20)12-14-8-6-7-9-15(14)16-13-19(4,5)10-11-21-16;/h6-9,15-16H,10-12H2,1-5H3;6-9,16H,10-13H2,1-5H3;1H4. The molecule has 2 aliphatic heterocycles. The van der Waals surface area contributed by atoms with E-state index in [0.717, 1.165) is 61.2 Å². The van der Waals surface area contributed by atoms with Gasteiger partial charge >= 0.3 is 11.9 Å². The monoisotopic (exact) mass is 702 g/mol. The van der Waals surface area contributed by atoms with E-state index in [1.54, 1.807) is 0 Å². The highest BCUT2D eigenvalue weighted by atomic mass is 79.9. The van der Waals surface area contributed by atoms with Crippen LogP contribution in [0.15, 0.2) is 48.5 Å². The first-order valence-corrected chi connectivity index (χ1v) is 17.2. The zero-order valence-corrected chi connectivity index (χ0v) is 30.7. The van der Waals surface area contributed by atoms with Gasteiger partial charge in [0.15, 0.2) is 0 Å². The van der Waals surface area contributed by atoms with Crippen LogP contribution in [0.1, 0.15) is 142 Å². The Morgan fingerprint density at radius 2 is 1.24 bits per heavy atom. The average Bonchev–Trinajstić information content (AvgIpc) is 2.90. The van der Waals surface area contributed by atoms with E-state index >= 15 is 0 Å². The first kappa shape index (κ1) is 40.0. The zero-order chi connectivity index (χ0) is 33.6. The Hall–Kier alpha value is -2.22. The molecule has 2 aromatic carbocycles. The van der Waals surface area contributed by atoms with Gasteiger partial charge in [0.1, 0.15) is 16.0 Å². The Bertz CT molecular complexity index is 1290. The van der Waals surface area contributed by atoms with Crippen molar-refractivity contribution in [1.29, 1.82) is 0 Å². The van der Waals surface area contributed by atoms with Gasteiger partial charge < -0.3 is 18.9 Å². The van der Waals surface area contributed by atoms with E-state index in [4.69, 9.17) is 18.9 Å². The summed E-state index contributed by atoms with van der Waals surface area (Å²) in [5, 5.41) is 0. The molecule has 7 heteroatoms. The molecule has 0 saturated carbocycles. The first-order valence-electron chi connectivity index (χ1n) is 16.2. The predicted octanol–water partition coefficient (Wildman–Crippen LogP) is 10.4. The molecule has 0 bridgehead atoms. The van der Waals surface area contributed by atoms with Crippen LogP contribution in [0.4, 0.5) is 0 Å². The SMILES string of the molecule is C.CC1(C)CCOC(c2ccccc2C(Br)C(=O)OC(C)(C)C)C1.CC1(C)CCOC(c2ccccc2CC(=O)OC(C)(C)C)C1. The van der Waals surface area contributed by atoms with Gasteiger partial charge in [0, 0.05) is 13.2 Å². The number of halogens is 1. The van der Waals surface area contributed by atoms with Gasteiger partial charge in [-0.05, 0) is 100 Å².